The molecule has 6 nitrogen and oxygen atoms in total. The highest BCUT2D eigenvalue weighted by molar-refractivity contribution is 7.20. The fraction of sp³-hybridized carbons (Fsp3) is 0.667. The van der Waals surface area contributed by atoms with E-state index < -0.39 is 0 Å². The normalized spacial score (nSPS) is 26.0. The molecule has 2 aromatic heterocycles. The molecular weight excluding hydrogens is 444 g/mol. The number of hydrogen-bond acceptors (Lipinski definition) is 5. The van der Waals surface area contributed by atoms with E-state index in [0.717, 1.165) is 72.6 Å². The minimum Gasteiger partial charge on any atom is -0.351 e. The van der Waals surface area contributed by atoms with E-state index in [-0.39, 0.29) is 11.9 Å². The summed E-state index contributed by atoms with van der Waals surface area (Å²) in [5, 5.41) is 4.15. The topological polar surface area (TPSA) is 65.5 Å². The number of unbranched alkanes of at least 4 members (excludes halogenated alkanes) is 1. The van der Waals surface area contributed by atoms with Crippen molar-refractivity contribution in [2.24, 2.45) is 11.8 Å². The Morgan fingerprint density at radius 1 is 1.15 bits per heavy atom. The number of likely N-dealkylation sites (N-methyl/N-ethyl adjacent to an activating group) is 1. The van der Waals surface area contributed by atoms with Crippen LogP contribution in [0.4, 0.5) is 0 Å². The zero-order chi connectivity index (χ0) is 23.5. The Labute approximate surface area is 207 Å². The number of rotatable bonds is 7. The van der Waals surface area contributed by atoms with Crippen LogP contribution in [-0.2, 0) is 4.79 Å². The first-order valence-corrected chi connectivity index (χ1v) is 14.0. The number of nitrogens with one attached hydrogen (secondary N) is 1. The van der Waals surface area contributed by atoms with Gasteiger partial charge in [0, 0.05) is 38.1 Å². The maximum absolute atomic E-state index is 13.2. The molecule has 2 aliphatic heterocycles. The second-order valence-electron chi connectivity index (χ2n) is 10.6. The summed E-state index contributed by atoms with van der Waals surface area (Å²) >= 11 is 1.50. The van der Waals surface area contributed by atoms with Crippen molar-refractivity contribution in [1.29, 1.82) is 0 Å². The first-order chi connectivity index (χ1) is 16.6. The highest BCUT2D eigenvalue weighted by atomic mass is 32.1. The second kappa shape index (κ2) is 10.7. The molecule has 5 rings (SSSR count). The van der Waals surface area contributed by atoms with Crippen molar-refractivity contribution in [3.8, 4) is 0 Å². The van der Waals surface area contributed by atoms with Crippen molar-refractivity contribution in [1.82, 2.24) is 20.1 Å². The Morgan fingerprint density at radius 2 is 1.97 bits per heavy atom. The maximum Gasteiger partial charge on any atom is 0.261 e. The molecule has 2 saturated heterocycles. The van der Waals surface area contributed by atoms with Crippen molar-refractivity contribution in [3.05, 3.63) is 29.4 Å². The first-order valence-electron chi connectivity index (χ1n) is 13.2. The average molecular weight is 483 g/mol. The van der Waals surface area contributed by atoms with Crippen LogP contribution in [0.5, 0.6) is 0 Å². The Morgan fingerprint density at radius 3 is 2.76 bits per heavy atom. The molecular formula is C27H38N4O2S. The summed E-state index contributed by atoms with van der Waals surface area (Å²) in [5.74, 6) is 1.85. The standard InChI is InChI=1S/C27H38N4O2S/c1-30-22-8-3-2-7-20(22)16-23(30)27(33)31-14-10-19(11-15-31)6-4-5-12-29-26(32)24-17-21-9-13-28-18-25(21)34-24/h9,13,17-20,22-23H,2-8,10-12,14-16H2,1H3,(H,29,32). The van der Waals surface area contributed by atoms with E-state index in [9.17, 15) is 9.59 Å². The zero-order valence-corrected chi connectivity index (χ0v) is 21.2. The van der Waals surface area contributed by atoms with Gasteiger partial charge in [0.05, 0.1) is 15.6 Å². The monoisotopic (exact) mass is 482 g/mol. The van der Waals surface area contributed by atoms with Gasteiger partial charge in [0.15, 0.2) is 0 Å². The molecule has 0 radical (unpaired) electrons. The van der Waals surface area contributed by atoms with Crippen LogP contribution in [0.1, 0.15) is 73.9 Å². The van der Waals surface area contributed by atoms with Crippen LogP contribution >= 0.6 is 11.3 Å². The highest BCUT2D eigenvalue weighted by Crippen LogP contribution is 2.39. The van der Waals surface area contributed by atoms with Gasteiger partial charge in [0.1, 0.15) is 0 Å². The summed E-state index contributed by atoms with van der Waals surface area (Å²) in [6.07, 6.45) is 15.5. The summed E-state index contributed by atoms with van der Waals surface area (Å²) in [6.45, 7) is 2.56. The number of hydrogen-bond donors (Lipinski definition) is 1. The van der Waals surface area contributed by atoms with Crippen LogP contribution in [-0.4, -0.2) is 65.4 Å². The molecule has 3 atom stereocenters. The van der Waals surface area contributed by atoms with Crippen LogP contribution in [0.25, 0.3) is 10.1 Å². The summed E-state index contributed by atoms with van der Waals surface area (Å²) in [5.41, 5.74) is 0. The first kappa shape index (κ1) is 23.7. The predicted octanol–water partition coefficient (Wildman–Crippen LogP) is 4.70. The van der Waals surface area contributed by atoms with Crippen molar-refractivity contribution < 1.29 is 9.59 Å². The minimum atomic E-state index is 0.0183. The molecule has 3 unspecified atom stereocenters. The van der Waals surface area contributed by atoms with Crippen LogP contribution in [0, 0.1) is 11.8 Å². The molecule has 0 spiro atoms. The second-order valence-corrected chi connectivity index (χ2v) is 11.7. The summed E-state index contributed by atoms with van der Waals surface area (Å²) in [4.78, 5) is 35.1. The fourth-order valence-electron chi connectivity index (χ4n) is 6.45. The summed E-state index contributed by atoms with van der Waals surface area (Å²) in [7, 11) is 2.18. The van der Waals surface area contributed by atoms with Gasteiger partial charge in [-0.1, -0.05) is 25.7 Å². The van der Waals surface area contributed by atoms with E-state index in [0.29, 0.717) is 17.9 Å². The minimum absolute atomic E-state index is 0.0183. The Bertz CT molecular complexity index is 966. The Balaban J connectivity index is 0.988. The van der Waals surface area contributed by atoms with Crippen molar-refractivity contribution in [3.63, 3.8) is 0 Å². The predicted molar refractivity (Wildman–Crippen MR) is 137 cm³/mol. The molecule has 3 aliphatic rings. The molecule has 0 bridgehead atoms. The number of likely N-dealkylation sites (tertiary alicyclic amines) is 2. The third kappa shape index (κ3) is 5.15. The summed E-state index contributed by atoms with van der Waals surface area (Å²) in [6, 6.07) is 4.64. The third-order valence-corrected chi connectivity index (χ3v) is 9.58. The van der Waals surface area contributed by atoms with Crippen molar-refractivity contribution in [2.75, 3.05) is 26.7 Å². The Kier molecular flexibility index (Phi) is 7.49. The van der Waals surface area contributed by atoms with Crippen LogP contribution < -0.4 is 5.32 Å². The molecule has 4 heterocycles. The molecule has 7 heteroatoms. The van der Waals surface area contributed by atoms with Gasteiger partial charge in [-0.05, 0) is 74.9 Å². The average Bonchev–Trinajstić information content (AvgIpc) is 3.45. The van der Waals surface area contributed by atoms with E-state index in [4.69, 9.17) is 0 Å². The lowest BCUT2D eigenvalue weighted by atomic mass is 9.84. The molecule has 184 valence electrons. The Hall–Kier alpha value is -1.99. The molecule has 0 aromatic carbocycles. The van der Waals surface area contributed by atoms with Gasteiger partial charge in [-0.15, -0.1) is 11.3 Å². The number of nitrogens with zero attached hydrogens (tertiary/aromatic N) is 3. The quantitative estimate of drug-likeness (QED) is 0.581. The molecule has 3 fully saturated rings. The largest absolute Gasteiger partial charge is 0.351 e. The summed E-state index contributed by atoms with van der Waals surface area (Å²) < 4.78 is 1.05. The van der Waals surface area contributed by atoms with Crippen LogP contribution in [0.15, 0.2) is 24.5 Å². The van der Waals surface area contributed by atoms with Gasteiger partial charge in [-0.2, -0.15) is 0 Å². The number of thiophene rings is 1. The van der Waals surface area contributed by atoms with Crippen molar-refractivity contribution in [2.45, 2.75) is 76.3 Å². The smallest absolute Gasteiger partial charge is 0.261 e. The van der Waals surface area contributed by atoms with E-state index in [1.807, 2.05) is 18.3 Å². The molecule has 34 heavy (non-hydrogen) atoms. The SMILES string of the molecule is CN1C(C(=O)N2CCC(CCCCNC(=O)c3cc4ccncc4s3)CC2)CC2CCCCC21. The molecule has 1 aliphatic carbocycles. The van der Waals surface area contributed by atoms with Gasteiger partial charge in [-0.3, -0.25) is 19.5 Å². The number of aromatic nitrogens is 1. The lowest BCUT2D eigenvalue weighted by Crippen LogP contribution is -2.48. The van der Waals surface area contributed by atoms with Gasteiger partial charge in [0.2, 0.25) is 5.91 Å². The van der Waals surface area contributed by atoms with E-state index in [2.05, 4.69) is 27.1 Å². The van der Waals surface area contributed by atoms with E-state index in [1.165, 1.54) is 43.4 Å². The number of fused-ring (bicyclic) bond motifs is 2. The van der Waals surface area contributed by atoms with Gasteiger partial charge in [-0.25, -0.2) is 0 Å². The number of piperidine rings is 1. The fourth-order valence-corrected chi connectivity index (χ4v) is 7.40. The van der Waals surface area contributed by atoms with Crippen LogP contribution in [0.2, 0.25) is 0 Å². The van der Waals surface area contributed by atoms with E-state index in [1.54, 1.807) is 6.20 Å². The molecule has 2 amide bonds. The van der Waals surface area contributed by atoms with Gasteiger partial charge in [0.25, 0.3) is 5.91 Å². The molecule has 1 N–H and O–H groups in total. The van der Waals surface area contributed by atoms with Gasteiger partial charge >= 0.3 is 0 Å². The van der Waals surface area contributed by atoms with Crippen molar-refractivity contribution >= 4 is 33.2 Å². The lowest BCUT2D eigenvalue weighted by Gasteiger charge is -2.36. The third-order valence-electron chi connectivity index (χ3n) is 8.49. The van der Waals surface area contributed by atoms with Gasteiger partial charge < -0.3 is 10.2 Å². The number of amides is 2. The highest BCUT2D eigenvalue weighted by Gasteiger charge is 2.44. The van der Waals surface area contributed by atoms with Crippen LogP contribution in [0.3, 0.4) is 0 Å². The number of carbonyl (C=O) groups is 2. The number of carbonyl (C=O) groups excluding carboxylic acids is 2. The van der Waals surface area contributed by atoms with E-state index >= 15 is 0 Å². The zero-order valence-electron chi connectivity index (χ0n) is 20.4. The molecule has 1 saturated carbocycles. The molecule has 2 aromatic rings. The number of pyridine rings is 1. The maximum atomic E-state index is 13.2. The lowest BCUT2D eigenvalue weighted by molar-refractivity contribution is -0.137.